The van der Waals surface area contributed by atoms with Gasteiger partial charge in [0, 0.05) is 6.20 Å². The van der Waals surface area contributed by atoms with Crippen LogP contribution < -0.4 is 16.4 Å². The van der Waals surface area contributed by atoms with Gasteiger partial charge in [0.1, 0.15) is 11.3 Å². The van der Waals surface area contributed by atoms with Crippen molar-refractivity contribution in [3.63, 3.8) is 0 Å². The molecule has 0 saturated heterocycles. The number of nitrogens with zero attached hydrogens (tertiary/aromatic N) is 6. The van der Waals surface area contributed by atoms with Crippen molar-refractivity contribution >= 4 is 28.9 Å². The third-order valence-electron chi connectivity index (χ3n) is 3.88. The summed E-state index contributed by atoms with van der Waals surface area (Å²) in [5, 5.41) is 20.5. The van der Waals surface area contributed by atoms with Crippen molar-refractivity contribution in [2.75, 3.05) is 16.4 Å². The second-order valence-electron chi connectivity index (χ2n) is 5.92. The number of fused-ring (bicyclic) bond motifs is 1. The second-order valence-corrected chi connectivity index (χ2v) is 5.92. The van der Waals surface area contributed by atoms with E-state index in [1.54, 1.807) is 31.3 Å². The monoisotopic (exact) mass is 379 g/mol. The van der Waals surface area contributed by atoms with Crippen molar-refractivity contribution < 1.29 is 9.18 Å². The number of hydrogen-bond donors (Lipinski definition) is 3. The fraction of sp³-hybridized carbons (Fsp3) is 0.0588. The third-order valence-corrected chi connectivity index (χ3v) is 3.88. The van der Waals surface area contributed by atoms with Gasteiger partial charge in [0.25, 0.3) is 0 Å². The van der Waals surface area contributed by atoms with Gasteiger partial charge in [-0.15, -0.1) is 15.3 Å². The van der Waals surface area contributed by atoms with Crippen molar-refractivity contribution in [1.29, 1.82) is 0 Å². The number of nitrogen functional groups attached to an aromatic ring is 1. The summed E-state index contributed by atoms with van der Waals surface area (Å²) in [4.78, 5) is 16.3. The largest absolute Gasteiger partial charge is 0.380 e. The van der Waals surface area contributed by atoms with E-state index < -0.39 is 11.8 Å². The zero-order valence-electron chi connectivity index (χ0n) is 14.6. The number of aromatic nitrogens is 6. The normalized spacial score (nSPS) is 10.8. The van der Waals surface area contributed by atoms with E-state index in [0.717, 1.165) is 5.56 Å². The molecule has 4 aromatic rings. The zero-order chi connectivity index (χ0) is 19.7. The van der Waals surface area contributed by atoms with Gasteiger partial charge in [-0.1, -0.05) is 11.3 Å². The van der Waals surface area contributed by atoms with Crippen LogP contribution in [0, 0.1) is 12.7 Å². The first-order valence-corrected chi connectivity index (χ1v) is 8.15. The number of aryl methyl sites for hydroxylation is 1. The third kappa shape index (κ3) is 3.28. The average molecular weight is 379 g/mol. The molecule has 3 heterocycles. The highest BCUT2D eigenvalue weighted by Gasteiger charge is 2.13. The summed E-state index contributed by atoms with van der Waals surface area (Å²) >= 11 is 0. The van der Waals surface area contributed by atoms with Crippen molar-refractivity contribution in [2.45, 2.75) is 6.92 Å². The molecular weight excluding hydrogens is 365 g/mol. The minimum absolute atomic E-state index is 0.0606. The highest BCUT2D eigenvalue weighted by Crippen LogP contribution is 2.24. The van der Waals surface area contributed by atoms with Crippen LogP contribution in [0.4, 0.5) is 26.5 Å². The van der Waals surface area contributed by atoms with Crippen LogP contribution >= 0.6 is 0 Å². The molecule has 0 bridgehead atoms. The van der Waals surface area contributed by atoms with Crippen LogP contribution in [-0.2, 0) is 0 Å². The lowest BCUT2D eigenvalue weighted by molar-refractivity contribution is 0.262. The van der Waals surface area contributed by atoms with Gasteiger partial charge < -0.3 is 11.1 Å². The number of carbonyl (C=O) groups excluding carboxylic acids is 1. The predicted octanol–water partition coefficient (Wildman–Crippen LogP) is 2.26. The van der Waals surface area contributed by atoms with Gasteiger partial charge in [-0.2, -0.15) is 0 Å². The summed E-state index contributed by atoms with van der Waals surface area (Å²) in [5.41, 5.74) is 7.86. The summed E-state index contributed by atoms with van der Waals surface area (Å²) in [6, 6.07) is 7.24. The van der Waals surface area contributed by atoms with Crippen LogP contribution in [0.5, 0.6) is 0 Å². The number of halogens is 1. The van der Waals surface area contributed by atoms with Gasteiger partial charge in [-0.3, -0.25) is 5.32 Å². The van der Waals surface area contributed by atoms with Crippen LogP contribution in [-0.4, -0.2) is 36.0 Å². The van der Waals surface area contributed by atoms with Crippen molar-refractivity contribution in [1.82, 2.24) is 30.0 Å². The van der Waals surface area contributed by atoms with E-state index in [4.69, 9.17) is 5.73 Å². The number of pyridine rings is 1. The number of hydrogen-bond acceptors (Lipinski definition) is 7. The molecule has 2 amide bonds. The molecule has 0 atom stereocenters. The summed E-state index contributed by atoms with van der Waals surface area (Å²) < 4.78 is 15.2. The van der Waals surface area contributed by atoms with E-state index in [1.165, 1.54) is 22.8 Å². The number of nitrogens with one attached hydrogen (secondary N) is 2. The lowest BCUT2D eigenvalue weighted by Crippen LogP contribution is -2.21. The van der Waals surface area contributed by atoms with Crippen LogP contribution in [0.25, 0.3) is 16.9 Å². The molecule has 0 aliphatic rings. The molecule has 0 aliphatic heterocycles. The molecule has 0 radical (unpaired) electrons. The Hall–Kier alpha value is -4.15. The van der Waals surface area contributed by atoms with Crippen molar-refractivity contribution in [2.24, 2.45) is 0 Å². The standard InChI is InChI=1S/C17H14FN9O/c1-9-4-5-11(18)12(7-9)21-17(28)22-13-8-20-16(25-23-13)10-3-2-6-27-14(10)15(19)24-26-27/h2-8H,19H2,1H3,(H2,21,22,23,28). The molecule has 0 saturated carbocycles. The predicted molar refractivity (Wildman–Crippen MR) is 100.0 cm³/mol. The molecule has 0 unspecified atom stereocenters. The van der Waals surface area contributed by atoms with Crippen LogP contribution in [0.3, 0.4) is 0 Å². The minimum atomic E-state index is -0.667. The minimum Gasteiger partial charge on any atom is -0.380 e. The Balaban J connectivity index is 1.52. The van der Waals surface area contributed by atoms with E-state index in [2.05, 4.69) is 36.1 Å². The maximum Gasteiger partial charge on any atom is 0.325 e. The van der Waals surface area contributed by atoms with Gasteiger partial charge in [0.2, 0.25) is 0 Å². The lowest BCUT2D eigenvalue weighted by atomic mass is 10.2. The molecule has 0 aliphatic carbocycles. The van der Waals surface area contributed by atoms with Crippen LogP contribution in [0.2, 0.25) is 0 Å². The molecular formula is C17H14FN9O. The number of carbonyl (C=O) groups is 1. The molecule has 3 aromatic heterocycles. The lowest BCUT2D eigenvalue weighted by Gasteiger charge is -2.08. The second kappa shape index (κ2) is 6.87. The number of anilines is 3. The molecule has 0 spiro atoms. The number of amides is 2. The first-order chi connectivity index (χ1) is 13.5. The number of urea groups is 1. The Labute approximate surface area is 157 Å². The van der Waals surface area contributed by atoms with Gasteiger partial charge in [-0.05, 0) is 36.8 Å². The number of nitrogens with two attached hydrogens (primary N) is 1. The quantitative estimate of drug-likeness (QED) is 0.496. The molecule has 28 heavy (non-hydrogen) atoms. The Bertz CT molecular complexity index is 1170. The molecule has 0 fully saturated rings. The molecule has 4 rings (SSSR count). The van der Waals surface area contributed by atoms with Crippen molar-refractivity contribution in [3.05, 3.63) is 54.1 Å². The van der Waals surface area contributed by atoms with Gasteiger partial charge in [0.05, 0.1) is 17.4 Å². The van der Waals surface area contributed by atoms with Crippen molar-refractivity contribution in [3.8, 4) is 11.4 Å². The van der Waals surface area contributed by atoms with Gasteiger partial charge >= 0.3 is 6.03 Å². The van der Waals surface area contributed by atoms with Crippen LogP contribution in [0.15, 0.2) is 42.7 Å². The Morgan fingerprint density at radius 1 is 1.18 bits per heavy atom. The maximum atomic E-state index is 13.7. The molecule has 4 N–H and O–H groups in total. The van der Waals surface area contributed by atoms with E-state index in [1.807, 2.05) is 0 Å². The molecule has 140 valence electrons. The van der Waals surface area contributed by atoms with E-state index in [0.29, 0.717) is 11.1 Å². The Kier molecular flexibility index (Phi) is 4.24. The van der Waals surface area contributed by atoms with Gasteiger partial charge in [0.15, 0.2) is 17.5 Å². The average Bonchev–Trinajstić information content (AvgIpc) is 3.07. The summed E-state index contributed by atoms with van der Waals surface area (Å²) in [5.74, 6) is 0.0810. The number of rotatable bonds is 3. The SMILES string of the molecule is Cc1ccc(F)c(NC(=O)Nc2cnc(-c3cccn4nnc(N)c34)nn2)c1. The zero-order valence-corrected chi connectivity index (χ0v) is 14.6. The highest BCUT2D eigenvalue weighted by molar-refractivity contribution is 5.99. The fourth-order valence-corrected chi connectivity index (χ4v) is 2.61. The first kappa shape index (κ1) is 17.3. The first-order valence-electron chi connectivity index (χ1n) is 8.15. The number of benzene rings is 1. The van der Waals surface area contributed by atoms with E-state index >= 15 is 0 Å². The Morgan fingerprint density at radius 2 is 2.04 bits per heavy atom. The van der Waals surface area contributed by atoms with E-state index in [-0.39, 0.29) is 23.1 Å². The summed E-state index contributed by atoms with van der Waals surface area (Å²) in [6.45, 7) is 1.79. The van der Waals surface area contributed by atoms with Crippen LogP contribution in [0.1, 0.15) is 5.56 Å². The van der Waals surface area contributed by atoms with Gasteiger partial charge in [-0.25, -0.2) is 18.7 Å². The highest BCUT2D eigenvalue weighted by atomic mass is 19.1. The summed E-state index contributed by atoms with van der Waals surface area (Å²) in [7, 11) is 0. The fourth-order valence-electron chi connectivity index (χ4n) is 2.61. The van der Waals surface area contributed by atoms with E-state index in [9.17, 15) is 9.18 Å². The summed E-state index contributed by atoms with van der Waals surface area (Å²) in [6.07, 6.45) is 3.03. The maximum absolute atomic E-state index is 13.7. The Morgan fingerprint density at radius 3 is 2.82 bits per heavy atom. The molecule has 1 aromatic carbocycles. The smallest absolute Gasteiger partial charge is 0.325 e. The topological polar surface area (TPSA) is 136 Å². The molecule has 11 heteroatoms. The molecule has 10 nitrogen and oxygen atoms in total.